The molecule has 0 aliphatic heterocycles. The van der Waals surface area contributed by atoms with Crippen molar-refractivity contribution in [3.05, 3.63) is 28.3 Å². The van der Waals surface area contributed by atoms with Gasteiger partial charge >= 0.3 is 5.97 Å². The maximum absolute atomic E-state index is 12.2. The highest BCUT2D eigenvalue weighted by molar-refractivity contribution is 5.95. The average molecular weight is 397 g/mol. The molecule has 0 aliphatic carbocycles. The number of nitro benzene ring substituents is 1. The van der Waals surface area contributed by atoms with Crippen molar-refractivity contribution < 1.29 is 29.1 Å². The molecule has 1 aromatic carbocycles. The molecule has 0 fully saturated rings. The van der Waals surface area contributed by atoms with Crippen LogP contribution in [-0.2, 0) is 14.3 Å². The lowest BCUT2D eigenvalue weighted by Gasteiger charge is -2.15. The fraction of sp³-hybridized carbons (Fsp3) is 0.556. The van der Waals surface area contributed by atoms with Gasteiger partial charge in [-0.2, -0.15) is 0 Å². The van der Waals surface area contributed by atoms with Crippen LogP contribution in [-0.4, -0.2) is 53.8 Å². The highest BCUT2D eigenvalue weighted by atomic mass is 16.6. The summed E-state index contributed by atoms with van der Waals surface area (Å²) in [6, 6.07) is 2.95. The molecule has 0 saturated carbocycles. The van der Waals surface area contributed by atoms with Crippen LogP contribution in [0.1, 0.15) is 33.6 Å². The van der Waals surface area contributed by atoms with Gasteiger partial charge in [-0.25, -0.2) is 0 Å². The summed E-state index contributed by atoms with van der Waals surface area (Å²) in [4.78, 5) is 34.1. The van der Waals surface area contributed by atoms with E-state index in [1.54, 1.807) is 6.92 Å². The largest absolute Gasteiger partial charge is 0.494 e. The van der Waals surface area contributed by atoms with Crippen molar-refractivity contribution in [1.29, 1.82) is 0 Å². The fourth-order valence-corrected chi connectivity index (χ4v) is 2.33. The Balaban J connectivity index is 2.67. The van der Waals surface area contributed by atoms with Crippen molar-refractivity contribution in [3.8, 4) is 5.75 Å². The van der Waals surface area contributed by atoms with Gasteiger partial charge in [0.2, 0.25) is 5.91 Å². The Morgan fingerprint density at radius 2 is 2.04 bits per heavy atom. The minimum atomic E-state index is -1.18. The van der Waals surface area contributed by atoms with Crippen LogP contribution in [0.3, 0.4) is 0 Å². The first kappa shape index (κ1) is 23.3. The molecule has 0 aliphatic rings. The number of anilines is 1. The summed E-state index contributed by atoms with van der Waals surface area (Å²) in [5, 5.41) is 25.7. The average Bonchev–Trinajstić information content (AvgIpc) is 2.61. The van der Waals surface area contributed by atoms with Crippen molar-refractivity contribution >= 4 is 23.3 Å². The monoisotopic (exact) mass is 397 g/mol. The number of carbonyl (C=O) groups excluding carboxylic acids is 1. The Hall–Kier alpha value is -2.72. The number of hydrogen-bond donors (Lipinski definition) is 3. The van der Waals surface area contributed by atoms with E-state index >= 15 is 0 Å². The van der Waals surface area contributed by atoms with E-state index in [4.69, 9.17) is 9.47 Å². The maximum atomic E-state index is 12.2. The number of carbonyl (C=O) groups is 2. The van der Waals surface area contributed by atoms with Gasteiger partial charge in [-0.05, 0) is 45.9 Å². The molecule has 0 spiro atoms. The van der Waals surface area contributed by atoms with Crippen LogP contribution in [0, 0.1) is 10.1 Å². The molecular formula is C18H27N3O7. The number of hydrogen-bond acceptors (Lipinski definition) is 7. The molecule has 1 aromatic rings. The number of nitrogens with one attached hydrogen (secondary N) is 2. The molecule has 3 N–H and O–H groups in total. The number of aliphatic carboxylic acids is 1. The molecule has 0 radical (unpaired) electrons. The molecule has 156 valence electrons. The lowest BCUT2D eigenvalue weighted by molar-refractivity contribution is -0.384. The summed E-state index contributed by atoms with van der Waals surface area (Å²) in [6.07, 6.45) is 0.310. The third kappa shape index (κ3) is 8.31. The molecule has 0 unspecified atom stereocenters. The zero-order chi connectivity index (χ0) is 21.1. The minimum Gasteiger partial charge on any atom is -0.494 e. The van der Waals surface area contributed by atoms with E-state index in [0.29, 0.717) is 31.9 Å². The number of carboxylic acids is 1. The Labute approximate surface area is 163 Å². The third-order valence-electron chi connectivity index (χ3n) is 3.60. The van der Waals surface area contributed by atoms with Gasteiger partial charge in [0, 0.05) is 6.61 Å². The summed E-state index contributed by atoms with van der Waals surface area (Å²) in [6.45, 7) is 6.73. The van der Waals surface area contributed by atoms with Gasteiger partial charge < -0.3 is 25.2 Å². The van der Waals surface area contributed by atoms with Crippen molar-refractivity contribution in [2.24, 2.45) is 0 Å². The first-order valence-electron chi connectivity index (χ1n) is 9.03. The number of nitrogens with zero attached hydrogens (tertiary/aromatic N) is 1. The predicted octanol–water partition coefficient (Wildman–Crippen LogP) is 2.18. The molecule has 1 atom stereocenters. The normalized spacial score (nSPS) is 11.9. The van der Waals surface area contributed by atoms with E-state index in [0.717, 1.165) is 0 Å². The van der Waals surface area contributed by atoms with Gasteiger partial charge in [-0.15, -0.1) is 0 Å². The van der Waals surface area contributed by atoms with Crippen LogP contribution in [0.2, 0.25) is 0 Å². The lowest BCUT2D eigenvalue weighted by Crippen LogP contribution is -2.40. The topological polar surface area (TPSA) is 140 Å². The second-order valence-electron chi connectivity index (χ2n) is 6.24. The number of ether oxygens (including phenoxy) is 2. The number of benzene rings is 1. The second-order valence-corrected chi connectivity index (χ2v) is 6.24. The molecule has 0 heterocycles. The molecule has 0 aromatic heterocycles. The number of rotatable bonds is 13. The van der Waals surface area contributed by atoms with E-state index in [9.17, 15) is 24.8 Å². The summed E-state index contributed by atoms with van der Waals surface area (Å²) >= 11 is 0. The first-order valence-corrected chi connectivity index (χ1v) is 9.03. The van der Waals surface area contributed by atoms with Crippen LogP contribution in [0.15, 0.2) is 18.2 Å². The number of carboxylic acid groups (broad SMARTS) is 1. The molecule has 1 amide bonds. The molecule has 10 nitrogen and oxygen atoms in total. The maximum Gasteiger partial charge on any atom is 0.321 e. The Kier molecular flexibility index (Phi) is 9.89. The van der Waals surface area contributed by atoms with E-state index in [2.05, 4.69) is 10.6 Å². The molecule has 0 bridgehead atoms. The Morgan fingerprint density at radius 1 is 1.32 bits per heavy atom. The van der Waals surface area contributed by atoms with Crippen LogP contribution >= 0.6 is 0 Å². The van der Waals surface area contributed by atoms with E-state index in [1.807, 2.05) is 13.8 Å². The van der Waals surface area contributed by atoms with E-state index in [-0.39, 0.29) is 23.9 Å². The van der Waals surface area contributed by atoms with E-state index < -0.39 is 22.8 Å². The van der Waals surface area contributed by atoms with Crippen molar-refractivity contribution in [2.75, 3.05) is 25.1 Å². The van der Waals surface area contributed by atoms with Crippen LogP contribution in [0.4, 0.5) is 11.4 Å². The van der Waals surface area contributed by atoms with Gasteiger partial charge in [-0.3, -0.25) is 19.7 Å². The van der Waals surface area contributed by atoms with Gasteiger partial charge in [0.15, 0.2) is 0 Å². The zero-order valence-corrected chi connectivity index (χ0v) is 16.3. The van der Waals surface area contributed by atoms with Crippen molar-refractivity contribution in [3.63, 3.8) is 0 Å². The summed E-state index contributed by atoms with van der Waals surface area (Å²) in [5.74, 6) is -1.52. The molecule has 10 heteroatoms. The van der Waals surface area contributed by atoms with Crippen LogP contribution < -0.4 is 15.4 Å². The SMILES string of the molecule is CCOc1ccc(NC(=O)C[C@H](NCCCOC(C)C)C(=O)O)c([N+](=O)[O-])c1. The molecule has 28 heavy (non-hydrogen) atoms. The number of nitro groups is 1. The van der Waals surface area contributed by atoms with Gasteiger partial charge in [0.1, 0.15) is 17.5 Å². The quantitative estimate of drug-likeness (QED) is 0.261. The third-order valence-corrected chi connectivity index (χ3v) is 3.60. The molecule has 0 saturated heterocycles. The molecular weight excluding hydrogens is 370 g/mol. The predicted molar refractivity (Wildman–Crippen MR) is 103 cm³/mol. The summed E-state index contributed by atoms with van der Waals surface area (Å²) < 4.78 is 10.6. The van der Waals surface area contributed by atoms with Gasteiger partial charge in [0.25, 0.3) is 5.69 Å². The van der Waals surface area contributed by atoms with Crippen molar-refractivity contribution in [2.45, 2.75) is 45.8 Å². The van der Waals surface area contributed by atoms with Gasteiger partial charge in [-0.1, -0.05) is 0 Å². The minimum absolute atomic E-state index is 0.0204. The first-order chi connectivity index (χ1) is 13.2. The highest BCUT2D eigenvalue weighted by Crippen LogP contribution is 2.29. The lowest BCUT2D eigenvalue weighted by atomic mass is 10.1. The van der Waals surface area contributed by atoms with Crippen LogP contribution in [0.25, 0.3) is 0 Å². The zero-order valence-electron chi connectivity index (χ0n) is 16.3. The van der Waals surface area contributed by atoms with Crippen LogP contribution in [0.5, 0.6) is 5.75 Å². The number of amides is 1. The smallest absolute Gasteiger partial charge is 0.321 e. The fourth-order valence-electron chi connectivity index (χ4n) is 2.33. The molecule has 1 rings (SSSR count). The van der Waals surface area contributed by atoms with Gasteiger partial charge in [0.05, 0.1) is 30.1 Å². The second kappa shape index (κ2) is 11.9. The standard InChI is InChI=1S/C18H27N3O7/c1-4-27-13-6-7-14(16(10-13)21(25)26)20-17(22)11-15(18(23)24)19-8-5-9-28-12(2)3/h6-7,10,12,15,19H,4-5,8-9,11H2,1-3H3,(H,20,22)(H,23,24)/t15-/m0/s1. The van der Waals surface area contributed by atoms with E-state index in [1.165, 1.54) is 18.2 Å². The summed E-state index contributed by atoms with van der Waals surface area (Å²) in [5.41, 5.74) is -0.349. The Bertz CT molecular complexity index is 679. The van der Waals surface area contributed by atoms with Crippen molar-refractivity contribution in [1.82, 2.24) is 5.32 Å². The highest BCUT2D eigenvalue weighted by Gasteiger charge is 2.23. The summed E-state index contributed by atoms with van der Waals surface area (Å²) in [7, 11) is 0. The Morgan fingerprint density at radius 3 is 2.61 bits per heavy atom.